The first kappa shape index (κ1) is 22.6. The molecule has 2 rings (SSSR count). The number of anilines is 1. The van der Waals surface area contributed by atoms with Gasteiger partial charge in [0.25, 0.3) is 21.7 Å². The molecule has 0 saturated carbocycles. The quantitative estimate of drug-likeness (QED) is 0.208. The van der Waals surface area contributed by atoms with Crippen LogP contribution < -0.4 is 10.1 Å². The lowest BCUT2D eigenvalue weighted by molar-refractivity contribution is -0.384. The standard InChI is InChI=1S/C17H16N4O8S/c1-10(22)16(17(23)18-11-3-5-12(29-2)6-4-11)20-19-14-8-7-13(30(26,27)28)9-15(14)21(24)25/h3-9,16H,1-2H3,(H,18,23)(H,26,27,28). The number of azo groups is 1. The van der Waals surface area contributed by atoms with Crippen LogP contribution in [0.4, 0.5) is 17.1 Å². The average Bonchev–Trinajstić information content (AvgIpc) is 2.67. The number of rotatable bonds is 8. The summed E-state index contributed by atoms with van der Waals surface area (Å²) in [5, 5.41) is 20.8. The summed E-state index contributed by atoms with van der Waals surface area (Å²) in [4.78, 5) is 33.7. The number of nitro groups is 1. The van der Waals surface area contributed by atoms with E-state index in [1.165, 1.54) is 19.2 Å². The molecule has 0 aliphatic heterocycles. The fraction of sp³-hybridized carbons (Fsp3) is 0.176. The number of hydrogen-bond acceptors (Lipinski definition) is 9. The van der Waals surface area contributed by atoms with E-state index in [1.54, 1.807) is 12.1 Å². The van der Waals surface area contributed by atoms with E-state index in [0.717, 1.165) is 19.1 Å². The van der Waals surface area contributed by atoms with Crippen molar-refractivity contribution in [2.24, 2.45) is 10.2 Å². The number of carbonyl (C=O) groups excluding carboxylic acids is 2. The lowest BCUT2D eigenvalue weighted by Gasteiger charge is -2.10. The van der Waals surface area contributed by atoms with Crippen molar-refractivity contribution in [3.63, 3.8) is 0 Å². The maximum Gasteiger partial charge on any atom is 0.298 e. The zero-order valence-corrected chi connectivity index (χ0v) is 16.5. The van der Waals surface area contributed by atoms with Crippen LogP contribution in [0.1, 0.15) is 6.92 Å². The number of carbonyl (C=O) groups is 2. The lowest BCUT2D eigenvalue weighted by Crippen LogP contribution is -2.31. The van der Waals surface area contributed by atoms with Gasteiger partial charge in [-0.05, 0) is 43.3 Å². The molecule has 0 aliphatic rings. The van der Waals surface area contributed by atoms with Gasteiger partial charge in [-0.25, -0.2) is 0 Å². The smallest absolute Gasteiger partial charge is 0.298 e. The summed E-state index contributed by atoms with van der Waals surface area (Å²) < 4.78 is 36.3. The van der Waals surface area contributed by atoms with E-state index in [2.05, 4.69) is 15.5 Å². The van der Waals surface area contributed by atoms with E-state index in [0.29, 0.717) is 17.5 Å². The molecule has 0 heterocycles. The van der Waals surface area contributed by atoms with Gasteiger partial charge in [0.05, 0.1) is 12.0 Å². The predicted octanol–water partition coefficient (Wildman–Crippen LogP) is 2.53. The number of hydrogen-bond donors (Lipinski definition) is 2. The molecule has 1 unspecified atom stereocenters. The molecule has 0 aromatic heterocycles. The van der Waals surface area contributed by atoms with Crippen LogP contribution in [0.15, 0.2) is 57.6 Å². The molecule has 0 radical (unpaired) electrons. The van der Waals surface area contributed by atoms with Gasteiger partial charge in [0, 0.05) is 11.8 Å². The second-order valence-electron chi connectivity index (χ2n) is 5.83. The first-order valence-electron chi connectivity index (χ1n) is 8.15. The van der Waals surface area contributed by atoms with Gasteiger partial charge in [0.15, 0.2) is 11.5 Å². The summed E-state index contributed by atoms with van der Waals surface area (Å²) in [5.41, 5.74) is -0.839. The minimum atomic E-state index is -4.68. The monoisotopic (exact) mass is 436 g/mol. The first-order valence-corrected chi connectivity index (χ1v) is 9.59. The van der Waals surface area contributed by atoms with E-state index in [-0.39, 0.29) is 0 Å². The summed E-state index contributed by atoms with van der Waals surface area (Å²) in [5.74, 6) is -0.952. The highest BCUT2D eigenvalue weighted by molar-refractivity contribution is 7.85. The zero-order valence-electron chi connectivity index (χ0n) is 15.7. The highest BCUT2D eigenvalue weighted by Crippen LogP contribution is 2.30. The highest BCUT2D eigenvalue weighted by Gasteiger charge is 2.25. The zero-order chi connectivity index (χ0) is 22.5. The molecule has 30 heavy (non-hydrogen) atoms. The molecule has 0 bridgehead atoms. The third-order valence-corrected chi connectivity index (χ3v) is 4.56. The number of nitrogens with zero attached hydrogens (tertiary/aromatic N) is 3. The van der Waals surface area contributed by atoms with Crippen molar-refractivity contribution < 1.29 is 32.2 Å². The summed E-state index contributed by atoms with van der Waals surface area (Å²) in [7, 11) is -3.20. The van der Waals surface area contributed by atoms with Gasteiger partial charge in [0.2, 0.25) is 6.04 Å². The van der Waals surface area contributed by atoms with Gasteiger partial charge in [-0.1, -0.05) is 0 Å². The van der Waals surface area contributed by atoms with Crippen molar-refractivity contribution >= 4 is 38.9 Å². The van der Waals surface area contributed by atoms with Crippen molar-refractivity contribution in [3.05, 3.63) is 52.6 Å². The largest absolute Gasteiger partial charge is 0.497 e. The Morgan fingerprint density at radius 1 is 1.20 bits per heavy atom. The number of Topliss-reactive ketones (excluding diaryl/α,β-unsaturated/α-hetero) is 1. The Bertz CT molecular complexity index is 1110. The lowest BCUT2D eigenvalue weighted by atomic mass is 10.2. The first-order chi connectivity index (χ1) is 14.0. The van der Waals surface area contributed by atoms with Crippen molar-refractivity contribution in [2.45, 2.75) is 17.9 Å². The number of ketones is 1. The van der Waals surface area contributed by atoms with Gasteiger partial charge >= 0.3 is 0 Å². The third kappa shape index (κ3) is 5.65. The van der Waals surface area contributed by atoms with Gasteiger partial charge in [-0.3, -0.25) is 24.3 Å². The summed E-state index contributed by atoms with van der Waals surface area (Å²) in [6, 6.07) is 7.01. The van der Waals surface area contributed by atoms with Crippen LogP contribution in [0.3, 0.4) is 0 Å². The van der Waals surface area contributed by atoms with Crippen LogP contribution in [0.25, 0.3) is 0 Å². The number of methoxy groups -OCH3 is 1. The maximum atomic E-state index is 12.4. The molecule has 158 valence electrons. The fourth-order valence-corrected chi connectivity index (χ4v) is 2.72. The minimum Gasteiger partial charge on any atom is -0.497 e. The predicted molar refractivity (Wildman–Crippen MR) is 104 cm³/mol. The second-order valence-corrected chi connectivity index (χ2v) is 7.25. The molecular formula is C17H16N4O8S. The topological polar surface area (TPSA) is 178 Å². The van der Waals surface area contributed by atoms with E-state index in [1.807, 2.05) is 0 Å². The molecule has 1 atom stereocenters. The van der Waals surface area contributed by atoms with Crippen LogP contribution in [0.2, 0.25) is 0 Å². The number of amides is 1. The maximum absolute atomic E-state index is 12.4. The van der Waals surface area contributed by atoms with Crippen LogP contribution in [0, 0.1) is 10.1 Å². The number of nitro benzene ring substituents is 1. The van der Waals surface area contributed by atoms with Crippen molar-refractivity contribution in [3.8, 4) is 5.75 Å². The average molecular weight is 436 g/mol. The Kier molecular flexibility index (Phi) is 6.92. The summed E-state index contributed by atoms with van der Waals surface area (Å²) in [6.45, 7) is 1.09. The molecule has 1 amide bonds. The Morgan fingerprint density at radius 2 is 1.83 bits per heavy atom. The molecule has 2 N–H and O–H groups in total. The third-order valence-electron chi connectivity index (χ3n) is 3.71. The molecule has 0 saturated heterocycles. The molecule has 0 aliphatic carbocycles. The normalized spacial score (nSPS) is 12.4. The summed E-state index contributed by atoms with van der Waals surface area (Å²) >= 11 is 0. The Balaban J connectivity index is 2.30. The minimum absolute atomic E-state index is 0.353. The molecule has 0 spiro atoms. The molecule has 0 fully saturated rings. The molecule has 2 aromatic carbocycles. The number of benzene rings is 2. The van der Waals surface area contributed by atoms with E-state index >= 15 is 0 Å². The van der Waals surface area contributed by atoms with Crippen molar-refractivity contribution in [1.82, 2.24) is 0 Å². The van der Waals surface area contributed by atoms with Crippen LogP contribution in [-0.4, -0.2) is 42.7 Å². The van der Waals surface area contributed by atoms with Crippen LogP contribution >= 0.6 is 0 Å². The van der Waals surface area contributed by atoms with Gasteiger partial charge in [-0.2, -0.15) is 13.5 Å². The Morgan fingerprint density at radius 3 is 2.33 bits per heavy atom. The van der Waals surface area contributed by atoms with Crippen molar-refractivity contribution in [1.29, 1.82) is 0 Å². The van der Waals surface area contributed by atoms with E-state index in [4.69, 9.17) is 9.29 Å². The van der Waals surface area contributed by atoms with Gasteiger partial charge in [-0.15, -0.1) is 5.11 Å². The molecule has 13 heteroatoms. The number of ether oxygens (including phenoxy) is 1. The van der Waals surface area contributed by atoms with Crippen LogP contribution in [-0.2, 0) is 19.7 Å². The fourth-order valence-electron chi connectivity index (χ4n) is 2.22. The number of nitrogens with one attached hydrogen (secondary N) is 1. The van der Waals surface area contributed by atoms with E-state index in [9.17, 15) is 28.1 Å². The van der Waals surface area contributed by atoms with E-state index < -0.39 is 49.0 Å². The molecular weight excluding hydrogens is 420 g/mol. The van der Waals surface area contributed by atoms with Gasteiger partial charge in [0.1, 0.15) is 10.6 Å². The Hall–Kier alpha value is -3.71. The summed E-state index contributed by atoms with van der Waals surface area (Å²) in [6.07, 6.45) is 0. The SMILES string of the molecule is COc1ccc(NC(=O)C(N=Nc2ccc(S(=O)(=O)O)cc2[N+](=O)[O-])C(C)=O)cc1. The Labute approximate surface area is 170 Å². The van der Waals surface area contributed by atoms with Crippen molar-refractivity contribution in [2.75, 3.05) is 12.4 Å². The van der Waals surface area contributed by atoms with Gasteiger partial charge < -0.3 is 10.1 Å². The van der Waals surface area contributed by atoms with Crippen LogP contribution in [0.5, 0.6) is 5.75 Å². The molecule has 2 aromatic rings. The molecule has 12 nitrogen and oxygen atoms in total. The highest BCUT2D eigenvalue weighted by atomic mass is 32.2. The second kappa shape index (κ2) is 9.19.